The molecule has 0 bridgehead atoms. The van der Waals surface area contributed by atoms with E-state index in [2.05, 4.69) is 5.32 Å². The summed E-state index contributed by atoms with van der Waals surface area (Å²) in [5.74, 6) is 0.315. The molecular formula is C15H22N2O4. The van der Waals surface area contributed by atoms with Crippen LogP contribution in [0.1, 0.15) is 13.3 Å². The van der Waals surface area contributed by atoms with Gasteiger partial charge in [-0.2, -0.15) is 0 Å². The second-order valence-electron chi connectivity index (χ2n) is 4.50. The van der Waals surface area contributed by atoms with Gasteiger partial charge in [-0.25, -0.2) is 0 Å². The third-order valence-electron chi connectivity index (χ3n) is 2.91. The van der Waals surface area contributed by atoms with E-state index in [1.807, 2.05) is 0 Å². The second kappa shape index (κ2) is 8.97. The molecule has 1 aromatic carbocycles. The van der Waals surface area contributed by atoms with E-state index in [9.17, 15) is 9.59 Å². The Hall–Kier alpha value is -2.08. The maximum Gasteiger partial charge on any atom is 0.240 e. The maximum atomic E-state index is 11.8. The van der Waals surface area contributed by atoms with E-state index in [1.165, 1.54) is 11.8 Å². The Morgan fingerprint density at radius 3 is 2.38 bits per heavy atom. The van der Waals surface area contributed by atoms with Gasteiger partial charge in [0.1, 0.15) is 12.3 Å². The summed E-state index contributed by atoms with van der Waals surface area (Å²) in [5, 5.41) is 2.76. The average molecular weight is 294 g/mol. The molecule has 0 aliphatic rings. The predicted octanol–water partition coefficient (Wildman–Crippen LogP) is 1.20. The fourth-order valence-electron chi connectivity index (χ4n) is 1.79. The van der Waals surface area contributed by atoms with Gasteiger partial charge in [-0.1, -0.05) is 0 Å². The highest BCUT2D eigenvalue weighted by atomic mass is 16.5. The van der Waals surface area contributed by atoms with Crippen molar-refractivity contribution in [3.63, 3.8) is 0 Å². The van der Waals surface area contributed by atoms with Gasteiger partial charge >= 0.3 is 0 Å². The number of rotatable bonds is 8. The van der Waals surface area contributed by atoms with Crippen molar-refractivity contribution in [2.24, 2.45) is 0 Å². The van der Waals surface area contributed by atoms with Crippen LogP contribution in [0.4, 0.5) is 5.69 Å². The van der Waals surface area contributed by atoms with Gasteiger partial charge in [-0.05, 0) is 30.7 Å². The Morgan fingerprint density at radius 1 is 1.19 bits per heavy atom. The van der Waals surface area contributed by atoms with Gasteiger partial charge in [0, 0.05) is 32.9 Å². The first-order valence-corrected chi connectivity index (χ1v) is 6.76. The molecule has 0 unspecified atom stereocenters. The number of ether oxygens (including phenoxy) is 2. The highest BCUT2D eigenvalue weighted by molar-refractivity contribution is 5.97. The molecule has 0 heterocycles. The number of amides is 2. The number of hydrogen-bond acceptors (Lipinski definition) is 4. The molecule has 0 aromatic heterocycles. The third-order valence-corrected chi connectivity index (χ3v) is 2.91. The lowest BCUT2D eigenvalue weighted by atomic mass is 10.2. The molecule has 0 spiro atoms. The Morgan fingerprint density at radius 2 is 1.86 bits per heavy atom. The summed E-state index contributed by atoms with van der Waals surface area (Å²) in [4.78, 5) is 25.0. The van der Waals surface area contributed by atoms with E-state index >= 15 is 0 Å². The third kappa shape index (κ3) is 5.83. The zero-order valence-electron chi connectivity index (χ0n) is 12.7. The van der Waals surface area contributed by atoms with Crippen molar-refractivity contribution < 1.29 is 19.1 Å². The van der Waals surface area contributed by atoms with Crippen LogP contribution >= 0.6 is 0 Å². The molecule has 0 aliphatic carbocycles. The zero-order valence-corrected chi connectivity index (χ0v) is 12.7. The summed E-state index contributed by atoms with van der Waals surface area (Å²) < 4.78 is 9.98. The van der Waals surface area contributed by atoms with E-state index in [0.29, 0.717) is 24.6 Å². The minimum atomic E-state index is -0.197. The highest BCUT2D eigenvalue weighted by Crippen LogP contribution is 2.19. The first-order valence-electron chi connectivity index (χ1n) is 6.76. The summed E-state index contributed by atoms with van der Waals surface area (Å²) >= 11 is 0. The smallest absolute Gasteiger partial charge is 0.240 e. The van der Waals surface area contributed by atoms with Gasteiger partial charge in [-0.3, -0.25) is 9.59 Å². The van der Waals surface area contributed by atoms with Gasteiger partial charge in [0.15, 0.2) is 0 Å². The van der Waals surface area contributed by atoms with Crippen molar-refractivity contribution in [2.75, 3.05) is 38.8 Å². The van der Waals surface area contributed by atoms with Crippen LogP contribution in [0, 0.1) is 0 Å². The van der Waals surface area contributed by atoms with Gasteiger partial charge in [0.25, 0.3) is 0 Å². The first kappa shape index (κ1) is 17.0. The standard InChI is InChI=1S/C15H22N2O4/c1-12(18)17(11-15(19)16-9-4-10-20-2)13-5-7-14(21-3)8-6-13/h5-8H,4,9-11H2,1-3H3,(H,16,19). The molecule has 0 saturated carbocycles. The predicted molar refractivity (Wildman–Crippen MR) is 80.5 cm³/mol. The molecule has 1 N–H and O–H groups in total. The molecule has 0 radical (unpaired) electrons. The second-order valence-corrected chi connectivity index (χ2v) is 4.50. The molecule has 21 heavy (non-hydrogen) atoms. The van der Waals surface area contributed by atoms with Crippen LogP contribution in [0.3, 0.4) is 0 Å². The van der Waals surface area contributed by atoms with E-state index in [0.717, 1.165) is 6.42 Å². The van der Waals surface area contributed by atoms with Gasteiger partial charge in [0.05, 0.1) is 7.11 Å². The first-order chi connectivity index (χ1) is 10.1. The van der Waals surface area contributed by atoms with E-state index < -0.39 is 0 Å². The van der Waals surface area contributed by atoms with Crippen molar-refractivity contribution in [2.45, 2.75) is 13.3 Å². The summed E-state index contributed by atoms with van der Waals surface area (Å²) in [6, 6.07) is 7.00. The molecule has 1 rings (SSSR count). The summed E-state index contributed by atoms with van der Waals surface area (Å²) in [7, 11) is 3.19. The van der Waals surface area contributed by atoms with Gasteiger partial charge in [0.2, 0.25) is 11.8 Å². The lowest BCUT2D eigenvalue weighted by Gasteiger charge is -2.21. The van der Waals surface area contributed by atoms with E-state index in [-0.39, 0.29) is 18.4 Å². The molecule has 1 aromatic rings. The van der Waals surface area contributed by atoms with Crippen LogP contribution < -0.4 is 15.0 Å². The van der Waals surface area contributed by atoms with Crippen LogP contribution in [0.25, 0.3) is 0 Å². The number of nitrogens with zero attached hydrogens (tertiary/aromatic N) is 1. The minimum absolute atomic E-state index is 0.00531. The fraction of sp³-hybridized carbons (Fsp3) is 0.467. The lowest BCUT2D eigenvalue weighted by Crippen LogP contribution is -2.40. The monoisotopic (exact) mass is 294 g/mol. The largest absolute Gasteiger partial charge is 0.497 e. The van der Waals surface area contributed by atoms with Crippen LogP contribution in [0.2, 0.25) is 0 Å². The highest BCUT2D eigenvalue weighted by Gasteiger charge is 2.15. The van der Waals surface area contributed by atoms with E-state index in [4.69, 9.17) is 9.47 Å². The van der Waals surface area contributed by atoms with Gasteiger partial charge < -0.3 is 19.7 Å². The summed E-state index contributed by atoms with van der Waals surface area (Å²) in [6.07, 6.45) is 0.741. The number of hydrogen-bond donors (Lipinski definition) is 1. The molecule has 6 nitrogen and oxygen atoms in total. The Labute approximate surface area is 125 Å². The molecule has 2 amide bonds. The minimum Gasteiger partial charge on any atom is -0.497 e. The number of nitrogens with one attached hydrogen (secondary N) is 1. The molecular weight excluding hydrogens is 272 g/mol. The van der Waals surface area contributed by atoms with Gasteiger partial charge in [-0.15, -0.1) is 0 Å². The Balaban J connectivity index is 2.60. The van der Waals surface area contributed by atoms with Crippen molar-refractivity contribution in [1.82, 2.24) is 5.32 Å². The molecule has 6 heteroatoms. The summed E-state index contributed by atoms with van der Waals surface area (Å²) in [5.41, 5.74) is 0.662. The van der Waals surface area contributed by atoms with Crippen LogP contribution in [0.5, 0.6) is 5.75 Å². The SMILES string of the molecule is COCCCNC(=O)CN(C(C)=O)c1ccc(OC)cc1. The molecule has 0 atom stereocenters. The molecule has 0 saturated heterocycles. The molecule has 0 fully saturated rings. The van der Waals surface area contributed by atoms with Crippen molar-refractivity contribution in [3.8, 4) is 5.75 Å². The fourth-order valence-corrected chi connectivity index (χ4v) is 1.79. The number of benzene rings is 1. The average Bonchev–Trinajstić information content (AvgIpc) is 2.49. The van der Waals surface area contributed by atoms with Crippen molar-refractivity contribution in [3.05, 3.63) is 24.3 Å². The topological polar surface area (TPSA) is 67.9 Å². The van der Waals surface area contributed by atoms with Crippen LogP contribution in [0.15, 0.2) is 24.3 Å². The lowest BCUT2D eigenvalue weighted by molar-refractivity contribution is -0.123. The Bertz CT molecular complexity index is 459. The number of anilines is 1. The van der Waals surface area contributed by atoms with E-state index in [1.54, 1.807) is 38.5 Å². The number of methoxy groups -OCH3 is 2. The van der Waals surface area contributed by atoms with Crippen molar-refractivity contribution >= 4 is 17.5 Å². The zero-order chi connectivity index (χ0) is 15.7. The molecule has 116 valence electrons. The van der Waals surface area contributed by atoms with Crippen LogP contribution in [-0.2, 0) is 14.3 Å². The quantitative estimate of drug-likeness (QED) is 0.732. The number of carbonyl (C=O) groups excluding carboxylic acids is 2. The van der Waals surface area contributed by atoms with Crippen molar-refractivity contribution in [1.29, 1.82) is 0 Å². The normalized spacial score (nSPS) is 10.0. The summed E-state index contributed by atoms with van der Waals surface area (Å²) in [6.45, 7) is 2.55. The number of carbonyl (C=O) groups is 2. The molecule has 0 aliphatic heterocycles. The maximum absolute atomic E-state index is 11.8. The van der Waals surface area contributed by atoms with Crippen LogP contribution in [-0.4, -0.2) is 45.7 Å². The Kier molecular flexibility index (Phi) is 7.25.